The zero-order valence-electron chi connectivity index (χ0n) is 13.8. The predicted molar refractivity (Wildman–Crippen MR) is 96.5 cm³/mol. The summed E-state index contributed by atoms with van der Waals surface area (Å²) in [5.74, 6) is 1.70. The topological polar surface area (TPSA) is 47.6 Å². The van der Waals surface area contributed by atoms with Crippen LogP contribution >= 0.6 is 11.3 Å². The van der Waals surface area contributed by atoms with Crippen LogP contribution in [0.15, 0.2) is 41.8 Å². The van der Waals surface area contributed by atoms with E-state index in [0.29, 0.717) is 19.1 Å². The molecule has 126 valence electrons. The second kappa shape index (κ2) is 7.53. The molecule has 1 aromatic carbocycles. The summed E-state index contributed by atoms with van der Waals surface area (Å²) in [4.78, 5) is 13.4. The van der Waals surface area contributed by atoms with E-state index < -0.39 is 0 Å². The highest BCUT2D eigenvalue weighted by atomic mass is 32.1. The van der Waals surface area contributed by atoms with Crippen molar-refractivity contribution < 1.29 is 14.3 Å². The lowest BCUT2D eigenvalue weighted by Gasteiger charge is -2.20. The minimum Gasteiger partial charge on any atom is -0.486 e. The molecule has 2 aromatic rings. The number of hydrogen-bond donors (Lipinski definition) is 1. The van der Waals surface area contributed by atoms with Gasteiger partial charge >= 0.3 is 0 Å². The van der Waals surface area contributed by atoms with Crippen LogP contribution in [-0.4, -0.2) is 19.1 Å². The van der Waals surface area contributed by atoms with Gasteiger partial charge < -0.3 is 14.8 Å². The number of benzene rings is 1. The average Bonchev–Trinajstić information content (AvgIpc) is 3.11. The third kappa shape index (κ3) is 3.97. The number of fused-ring (bicyclic) bond motifs is 1. The Balaban J connectivity index is 1.66. The molecule has 0 aliphatic carbocycles. The van der Waals surface area contributed by atoms with E-state index in [2.05, 4.69) is 25.2 Å². The van der Waals surface area contributed by atoms with Gasteiger partial charge in [-0.2, -0.15) is 0 Å². The Kier molecular flexibility index (Phi) is 5.20. The first-order valence-corrected chi connectivity index (χ1v) is 8.93. The van der Waals surface area contributed by atoms with Crippen LogP contribution in [0.3, 0.4) is 0 Å². The van der Waals surface area contributed by atoms with E-state index in [0.717, 1.165) is 17.1 Å². The number of hydrogen-bond acceptors (Lipinski definition) is 4. The Morgan fingerprint density at radius 1 is 1.21 bits per heavy atom. The molecule has 0 saturated heterocycles. The number of carbonyl (C=O) groups excluding carboxylic acids is 1. The lowest BCUT2D eigenvalue weighted by molar-refractivity contribution is -0.117. The average molecular weight is 343 g/mol. The zero-order valence-corrected chi connectivity index (χ0v) is 14.6. The predicted octanol–water partition coefficient (Wildman–Crippen LogP) is 4.05. The van der Waals surface area contributed by atoms with Gasteiger partial charge in [-0.1, -0.05) is 26.0 Å². The van der Waals surface area contributed by atoms with Crippen LogP contribution in [-0.2, 0) is 4.79 Å². The third-order valence-corrected chi connectivity index (χ3v) is 4.76. The van der Waals surface area contributed by atoms with Crippen LogP contribution in [0.4, 0.5) is 0 Å². The minimum absolute atomic E-state index is 0.0300. The highest BCUT2D eigenvalue weighted by molar-refractivity contribution is 7.10. The normalized spacial score (nSPS) is 14.8. The fraction of sp³-hybridized carbons (Fsp3) is 0.316. The Morgan fingerprint density at radius 3 is 2.71 bits per heavy atom. The molecule has 1 aromatic heterocycles. The molecule has 1 amide bonds. The van der Waals surface area contributed by atoms with Crippen molar-refractivity contribution in [2.45, 2.75) is 19.9 Å². The third-order valence-electron chi connectivity index (χ3n) is 3.81. The van der Waals surface area contributed by atoms with Crippen LogP contribution in [0.1, 0.15) is 30.3 Å². The van der Waals surface area contributed by atoms with Crippen molar-refractivity contribution in [2.24, 2.45) is 5.92 Å². The summed E-state index contributed by atoms with van der Waals surface area (Å²) in [6.07, 6.45) is 3.35. The minimum atomic E-state index is -0.100. The number of carbonyl (C=O) groups is 1. The van der Waals surface area contributed by atoms with E-state index in [-0.39, 0.29) is 11.9 Å². The smallest absolute Gasteiger partial charge is 0.244 e. The van der Waals surface area contributed by atoms with Crippen molar-refractivity contribution >= 4 is 23.3 Å². The molecular formula is C19H21NO3S. The molecule has 1 aliphatic rings. The summed E-state index contributed by atoms with van der Waals surface area (Å²) in [5, 5.41) is 5.11. The second-order valence-corrected chi connectivity index (χ2v) is 6.96. The van der Waals surface area contributed by atoms with Crippen molar-refractivity contribution in [3.8, 4) is 11.5 Å². The maximum Gasteiger partial charge on any atom is 0.244 e. The van der Waals surface area contributed by atoms with E-state index in [1.807, 2.05) is 29.6 Å². The lowest BCUT2D eigenvalue weighted by Crippen LogP contribution is -2.29. The van der Waals surface area contributed by atoms with Crippen molar-refractivity contribution in [1.29, 1.82) is 0 Å². The molecule has 1 N–H and O–H groups in total. The van der Waals surface area contributed by atoms with Gasteiger partial charge in [0, 0.05) is 11.0 Å². The van der Waals surface area contributed by atoms with Crippen molar-refractivity contribution in [1.82, 2.24) is 5.32 Å². The van der Waals surface area contributed by atoms with Gasteiger partial charge in [0.05, 0.1) is 6.04 Å². The van der Waals surface area contributed by atoms with Crippen LogP contribution < -0.4 is 14.8 Å². The first kappa shape index (κ1) is 16.6. The number of ether oxygens (including phenoxy) is 2. The molecule has 3 rings (SSSR count). The van der Waals surface area contributed by atoms with Gasteiger partial charge in [-0.3, -0.25) is 4.79 Å². The monoisotopic (exact) mass is 343 g/mol. The molecule has 1 aliphatic heterocycles. The molecule has 5 heteroatoms. The molecule has 1 atom stereocenters. The molecule has 0 radical (unpaired) electrons. The van der Waals surface area contributed by atoms with Gasteiger partial charge in [-0.05, 0) is 41.1 Å². The molecule has 0 spiro atoms. The van der Waals surface area contributed by atoms with Gasteiger partial charge in [0.25, 0.3) is 0 Å². The number of nitrogens with one attached hydrogen (secondary N) is 1. The van der Waals surface area contributed by atoms with E-state index in [1.54, 1.807) is 23.5 Å². The first-order chi connectivity index (χ1) is 11.6. The summed E-state index contributed by atoms with van der Waals surface area (Å²) in [6, 6.07) is 9.76. The fourth-order valence-corrected chi connectivity index (χ4v) is 3.52. The van der Waals surface area contributed by atoms with Gasteiger partial charge in [-0.25, -0.2) is 0 Å². The molecule has 4 nitrogen and oxygen atoms in total. The fourth-order valence-electron chi connectivity index (χ4n) is 2.57. The van der Waals surface area contributed by atoms with Crippen LogP contribution in [0, 0.1) is 5.92 Å². The quantitative estimate of drug-likeness (QED) is 0.833. The summed E-state index contributed by atoms with van der Waals surface area (Å²) in [5.41, 5.74) is 0.909. The standard InChI is InChI=1S/C19H21NO3S/c1-13(2)19(17-4-3-11-24-17)20-18(21)8-6-14-5-7-15-16(12-14)23-10-9-22-15/h3-8,11-13,19H,9-10H2,1-2H3,(H,20,21)/b8-6+/t19-/m0/s1. The van der Waals surface area contributed by atoms with Crippen molar-refractivity contribution in [3.63, 3.8) is 0 Å². The molecule has 2 heterocycles. The first-order valence-electron chi connectivity index (χ1n) is 8.05. The lowest BCUT2D eigenvalue weighted by atomic mass is 10.0. The van der Waals surface area contributed by atoms with E-state index in [9.17, 15) is 4.79 Å². The highest BCUT2D eigenvalue weighted by Crippen LogP contribution is 2.31. The SMILES string of the molecule is CC(C)[C@H](NC(=O)/C=C/c1ccc2c(c1)OCCO2)c1cccs1. The number of rotatable bonds is 5. The van der Waals surface area contributed by atoms with Crippen LogP contribution in [0.2, 0.25) is 0 Å². The molecule has 0 saturated carbocycles. The zero-order chi connectivity index (χ0) is 16.9. The molecule has 0 unspecified atom stereocenters. The van der Waals surface area contributed by atoms with Crippen molar-refractivity contribution in [3.05, 3.63) is 52.2 Å². The summed E-state index contributed by atoms with van der Waals surface area (Å²) in [7, 11) is 0. The number of amides is 1. The van der Waals surface area contributed by atoms with Gasteiger partial charge in [0.2, 0.25) is 5.91 Å². The summed E-state index contributed by atoms with van der Waals surface area (Å²) in [6.45, 7) is 5.34. The summed E-state index contributed by atoms with van der Waals surface area (Å²) >= 11 is 1.66. The Bertz CT molecular complexity index is 722. The number of thiophene rings is 1. The summed E-state index contributed by atoms with van der Waals surface area (Å²) < 4.78 is 11.1. The van der Waals surface area contributed by atoms with E-state index in [4.69, 9.17) is 9.47 Å². The second-order valence-electron chi connectivity index (χ2n) is 5.98. The molecule has 24 heavy (non-hydrogen) atoms. The van der Waals surface area contributed by atoms with E-state index >= 15 is 0 Å². The van der Waals surface area contributed by atoms with Crippen molar-refractivity contribution in [2.75, 3.05) is 13.2 Å². The van der Waals surface area contributed by atoms with Gasteiger partial charge in [-0.15, -0.1) is 11.3 Å². The van der Waals surface area contributed by atoms with Gasteiger partial charge in [0.15, 0.2) is 11.5 Å². The Labute approximate surface area is 146 Å². The highest BCUT2D eigenvalue weighted by Gasteiger charge is 2.18. The maximum atomic E-state index is 12.3. The largest absolute Gasteiger partial charge is 0.486 e. The van der Waals surface area contributed by atoms with E-state index in [1.165, 1.54) is 4.88 Å². The molecule has 0 fully saturated rings. The Hall–Kier alpha value is -2.27. The maximum absolute atomic E-state index is 12.3. The van der Waals surface area contributed by atoms with Crippen LogP contribution in [0.5, 0.6) is 11.5 Å². The van der Waals surface area contributed by atoms with Gasteiger partial charge in [0.1, 0.15) is 13.2 Å². The van der Waals surface area contributed by atoms with Crippen LogP contribution in [0.25, 0.3) is 6.08 Å². The Morgan fingerprint density at radius 2 is 2.00 bits per heavy atom. The molecule has 0 bridgehead atoms. The molecular weight excluding hydrogens is 322 g/mol.